The van der Waals surface area contributed by atoms with E-state index in [0.29, 0.717) is 0 Å². The number of aliphatic hydroxyl groups is 3. The molecule has 0 spiro atoms. The topological polar surface area (TPSA) is 190 Å². The van der Waals surface area contributed by atoms with E-state index < -0.39 is 59.6 Å². The van der Waals surface area contributed by atoms with Crippen molar-refractivity contribution in [2.75, 3.05) is 6.61 Å². The highest BCUT2D eigenvalue weighted by Crippen LogP contribution is 2.39. The Hall–Kier alpha value is -3.51. The summed E-state index contributed by atoms with van der Waals surface area (Å²) >= 11 is 0. The van der Waals surface area contributed by atoms with Gasteiger partial charge in [0.15, 0.2) is 29.7 Å². The van der Waals surface area contributed by atoms with Crippen molar-refractivity contribution in [2.45, 2.75) is 24.6 Å². The van der Waals surface area contributed by atoms with Crippen LogP contribution in [0.1, 0.15) is 0 Å². The third-order valence-corrected chi connectivity index (χ3v) is 4.85. The molecule has 1 aromatic heterocycles. The Labute approximate surface area is 173 Å². The maximum Gasteiger partial charge on any atom is 0.239 e. The number of fused-ring (bicyclic) bond motifs is 1. The van der Waals surface area contributed by atoms with Crippen LogP contribution in [-0.2, 0) is 4.74 Å². The van der Waals surface area contributed by atoms with E-state index in [1.165, 1.54) is 6.07 Å². The number of phenolic OH excluding ortho intramolecular Hbond substituents is 4. The van der Waals surface area contributed by atoms with Crippen molar-refractivity contribution in [3.8, 4) is 40.1 Å². The van der Waals surface area contributed by atoms with Crippen LogP contribution < -0.4 is 10.2 Å². The highest BCUT2D eigenvalue weighted by atomic mass is 16.6. The molecular formula is C20H18O11. The first-order valence-electron chi connectivity index (χ1n) is 9.05. The minimum atomic E-state index is -1.73. The molecule has 1 aliphatic heterocycles. The van der Waals surface area contributed by atoms with Gasteiger partial charge in [0.1, 0.15) is 34.7 Å². The van der Waals surface area contributed by atoms with Crippen LogP contribution in [-0.4, -0.2) is 67.0 Å². The SMILES string of the molecule is O=c1c(O[C@@H]2[C@H](O)[C@@H](O)OC[C@H]2O)c(-c2ccc(O)c(O)c2)oc2cc(O)cc(O)c12. The molecular weight excluding hydrogens is 416 g/mol. The predicted molar refractivity (Wildman–Crippen MR) is 103 cm³/mol. The van der Waals surface area contributed by atoms with Gasteiger partial charge in [0.05, 0.1) is 6.61 Å². The van der Waals surface area contributed by atoms with Gasteiger partial charge >= 0.3 is 0 Å². The zero-order valence-electron chi connectivity index (χ0n) is 15.7. The van der Waals surface area contributed by atoms with Gasteiger partial charge in [-0.05, 0) is 18.2 Å². The average molecular weight is 434 g/mol. The molecule has 0 bridgehead atoms. The third-order valence-electron chi connectivity index (χ3n) is 4.85. The third kappa shape index (κ3) is 3.59. The molecule has 0 radical (unpaired) electrons. The number of benzene rings is 2. The molecule has 0 aliphatic carbocycles. The van der Waals surface area contributed by atoms with E-state index in [9.17, 15) is 40.5 Å². The molecule has 4 atom stereocenters. The Morgan fingerprint density at radius 2 is 1.68 bits per heavy atom. The van der Waals surface area contributed by atoms with Gasteiger partial charge in [-0.2, -0.15) is 0 Å². The van der Waals surface area contributed by atoms with E-state index in [-0.39, 0.29) is 28.0 Å². The van der Waals surface area contributed by atoms with Gasteiger partial charge in [0.2, 0.25) is 11.2 Å². The monoisotopic (exact) mass is 434 g/mol. The van der Waals surface area contributed by atoms with Gasteiger partial charge in [0.25, 0.3) is 0 Å². The van der Waals surface area contributed by atoms with Crippen LogP contribution in [0, 0.1) is 0 Å². The number of ether oxygens (including phenoxy) is 2. The summed E-state index contributed by atoms with van der Waals surface area (Å²) < 4.78 is 16.0. The molecule has 11 heteroatoms. The zero-order chi connectivity index (χ0) is 22.4. The molecule has 4 rings (SSSR count). The number of rotatable bonds is 3. The van der Waals surface area contributed by atoms with Crippen LogP contribution in [0.4, 0.5) is 0 Å². The highest BCUT2D eigenvalue weighted by Gasteiger charge is 2.41. The molecule has 2 aromatic carbocycles. The molecule has 7 N–H and O–H groups in total. The van der Waals surface area contributed by atoms with Crippen LogP contribution >= 0.6 is 0 Å². The summed E-state index contributed by atoms with van der Waals surface area (Å²) in [6, 6.07) is 5.48. The second-order valence-corrected chi connectivity index (χ2v) is 7.00. The molecule has 1 fully saturated rings. The van der Waals surface area contributed by atoms with Gasteiger partial charge in [0, 0.05) is 17.7 Å². The van der Waals surface area contributed by atoms with Crippen LogP contribution in [0.5, 0.6) is 28.7 Å². The summed E-state index contributed by atoms with van der Waals surface area (Å²) in [7, 11) is 0. The molecule has 164 valence electrons. The Kier molecular flexibility index (Phi) is 5.11. The normalized spacial score (nSPS) is 23.7. The van der Waals surface area contributed by atoms with E-state index in [1.807, 2.05) is 0 Å². The smallest absolute Gasteiger partial charge is 0.239 e. The van der Waals surface area contributed by atoms with Crippen LogP contribution in [0.15, 0.2) is 39.5 Å². The van der Waals surface area contributed by atoms with Crippen molar-refractivity contribution in [1.29, 1.82) is 0 Å². The minimum absolute atomic E-state index is 0.0590. The number of aliphatic hydroxyl groups excluding tert-OH is 3. The zero-order valence-corrected chi connectivity index (χ0v) is 15.7. The van der Waals surface area contributed by atoms with Crippen LogP contribution in [0.25, 0.3) is 22.3 Å². The Balaban J connectivity index is 1.96. The molecule has 1 aliphatic rings. The number of hydrogen-bond donors (Lipinski definition) is 7. The van der Waals surface area contributed by atoms with Crippen molar-refractivity contribution in [3.63, 3.8) is 0 Å². The predicted octanol–water partition coefficient (Wildman–Crippen LogP) is 0.100. The molecule has 1 saturated heterocycles. The summed E-state index contributed by atoms with van der Waals surface area (Å²) in [6.45, 7) is -0.393. The summed E-state index contributed by atoms with van der Waals surface area (Å²) in [6.07, 6.45) is -6.35. The lowest BCUT2D eigenvalue weighted by molar-refractivity contribution is -0.246. The second kappa shape index (κ2) is 7.63. The second-order valence-electron chi connectivity index (χ2n) is 7.00. The van der Waals surface area contributed by atoms with Gasteiger partial charge in [-0.1, -0.05) is 0 Å². The van der Waals surface area contributed by atoms with Crippen molar-refractivity contribution < 1.29 is 49.6 Å². The summed E-state index contributed by atoms with van der Waals surface area (Å²) in [5.74, 6) is -2.83. The average Bonchev–Trinajstić information content (AvgIpc) is 2.71. The van der Waals surface area contributed by atoms with Crippen molar-refractivity contribution in [3.05, 3.63) is 40.6 Å². The van der Waals surface area contributed by atoms with E-state index in [2.05, 4.69) is 0 Å². The van der Waals surface area contributed by atoms with Gasteiger partial charge in [-0.25, -0.2) is 0 Å². The maximum atomic E-state index is 13.2. The molecule has 3 aromatic rings. The van der Waals surface area contributed by atoms with E-state index >= 15 is 0 Å². The van der Waals surface area contributed by atoms with Gasteiger partial charge < -0.3 is 49.6 Å². The molecule has 2 heterocycles. The van der Waals surface area contributed by atoms with E-state index in [4.69, 9.17) is 13.9 Å². The van der Waals surface area contributed by atoms with Crippen molar-refractivity contribution >= 4 is 11.0 Å². The molecule has 11 nitrogen and oxygen atoms in total. The fraction of sp³-hybridized carbons (Fsp3) is 0.250. The Bertz CT molecular complexity index is 1200. The van der Waals surface area contributed by atoms with Gasteiger partial charge in [-0.15, -0.1) is 0 Å². The maximum absolute atomic E-state index is 13.2. The molecule has 31 heavy (non-hydrogen) atoms. The first-order chi connectivity index (χ1) is 14.7. The first-order valence-corrected chi connectivity index (χ1v) is 9.05. The largest absolute Gasteiger partial charge is 0.508 e. The van der Waals surface area contributed by atoms with Crippen LogP contribution in [0.3, 0.4) is 0 Å². The summed E-state index contributed by atoms with van der Waals surface area (Å²) in [5, 5.41) is 69.0. The fourth-order valence-electron chi connectivity index (χ4n) is 3.29. The standard InChI is InChI=1S/C20H18O11/c21-8-4-11(24)14-13(5-8)30-17(7-1-2-9(22)10(23)3-7)19(15(14)26)31-18-12(25)6-29-20(28)16(18)27/h1-5,12,16,18,20-25,27-28H,6H2/t12-,16+,18+,20+/m1/s1. The molecule has 0 saturated carbocycles. The molecule has 0 amide bonds. The fourth-order valence-corrected chi connectivity index (χ4v) is 3.29. The Morgan fingerprint density at radius 3 is 2.39 bits per heavy atom. The van der Waals surface area contributed by atoms with E-state index in [0.717, 1.165) is 24.3 Å². The van der Waals surface area contributed by atoms with Crippen molar-refractivity contribution in [2.24, 2.45) is 0 Å². The lowest BCUT2D eigenvalue weighted by atomic mass is 10.0. The number of aromatic hydroxyl groups is 4. The quantitative estimate of drug-likeness (QED) is 0.277. The lowest BCUT2D eigenvalue weighted by Crippen LogP contribution is -2.55. The highest BCUT2D eigenvalue weighted by molar-refractivity contribution is 5.88. The summed E-state index contributed by atoms with van der Waals surface area (Å²) in [4.78, 5) is 13.2. The van der Waals surface area contributed by atoms with E-state index in [1.54, 1.807) is 0 Å². The van der Waals surface area contributed by atoms with Crippen molar-refractivity contribution in [1.82, 2.24) is 0 Å². The lowest BCUT2D eigenvalue weighted by Gasteiger charge is -2.35. The first kappa shape index (κ1) is 20.8. The van der Waals surface area contributed by atoms with Gasteiger partial charge in [-0.3, -0.25) is 4.79 Å². The number of phenols is 4. The minimum Gasteiger partial charge on any atom is -0.508 e. The Morgan fingerprint density at radius 1 is 0.935 bits per heavy atom. The van der Waals surface area contributed by atoms with Crippen LogP contribution in [0.2, 0.25) is 0 Å². The molecule has 0 unspecified atom stereocenters. The summed E-state index contributed by atoms with van der Waals surface area (Å²) in [5.41, 5.74) is -1.07. The number of hydrogen-bond acceptors (Lipinski definition) is 11.